The number of alkyl halides is 3. The van der Waals surface area contributed by atoms with Gasteiger partial charge in [0.1, 0.15) is 11.8 Å². The van der Waals surface area contributed by atoms with E-state index in [1.165, 1.54) is 6.07 Å². The predicted octanol–water partition coefficient (Wildman–Crippen LogP) is 4.71. The Morgan fingerprint density at radius 3 is 2.53 bits per heavy atom. The molecule has 0 atom stereocenters. The lowest BCUT2D eigenvalue weighted by Crippen LogP contribution is -2.43. The Bertz CT molecular complexity index is 926. The third-order valence-electron chi connectivity index (χ3n) is 5.93. The average molecular weight is 449 g/mol. The second kappa shape index (κ2) is 9.72. The van der Waals surface area contributed by atoms with E-state index in [1.807, 2.05) is 12.1 Å². The zero-order chi connectivity index (χ0) is 22.6. The predicted molar refractivity (Wildman–Crippen MR) is 117 cm³/mol. The number of ether oxygens (including phenoxy) is 1. The van der Waals surface area contributed by atoms with E-state index in [0.717, 1.165) is 69.7 Å². The molecule has 1 aromatic heterocycles. The van der Waals surface area contributed by atoms with Gasteiger partial charge >= 0.3 is 6.18 Å². The van der Waals surface area contributed by atoms with Gasteiger partial charge in [0.25, 0.3) is 0 Å². The summed E-state index contributed by atoms with van der Waals surface area (Å²) in [7, 11) is 0. The summed E-state index contributed by atoms with van der Waals surface area (Å²) in [5.41, 5.74) is -0.194. The van der Waals surface area contributed by atoms with E-state index in [4.69, 9.17) is 4.74 Å². The van der Waals surface area contributed by atoms with Crippen molar-refractivity contribution in [3.05, 3.63) is 47.0 Å². The number of aromatic nitrogens is 1. The quantitative estimate of drug-likeness (QED) is 0.622. The molecule has 10 heteroatoms. The fraction of sp³-hybridized carbons (Fsp3) is 0.500. The number of rotatable bonds is 6. The molecule has 1 saturated heterocycles. The van der Waals surface area contributed by atoms with Gasteiger partial charge in [0.05, 0.1) is 5.56 Å². The lowest BCUT2D eigenvalue weighted by molar-refractivity contribution is -0.137. The first-order valence-electron chi connectivity index (χ1n) is 10.8. The molecule has 1 aliphatic carbocycles. The monoisotopic (exact) mass is 449 g/mol. The number of pyridine rings is 1. The summed E-state index contributed by atoms with van der Waals surface area (Å²) in [6.07, 6.45) is 0.226. The zero-order valence-corrected chi connectivity index (χ0v) is 17.6. The molecule has 0 bridgehead atoms. The van der Waals surface area contributed by atoms with Gasteiger partial charge < -0.3 is 20.3 Å². The summed E-state index contributed by atoms with van der Waals surface area (Å²) in [5, 5.41) is 8.97. The van der Waals surface area contributed by atoms with Crippen LogP contribution in [0.3, 0.4) is 0 Å². The molecule has 2 heterocycles. The number of hydrogen-bond acceptors (Lipinski definition) is 7. The first-order valence-corrected chi connectivity index (χ1v) is 10.8. The molecule has 1 aromatic carbocycles. The molecule has 2 fully saturated rings. The van der Waals surface area contributed by atoms with E-state index >= 15 is 0 Å². The molecule has 2 aliphatic rings. The van der Waals surface area contributed by atoms with Gasteiger partial charge in [-0.05, 0) is 55.1 Å². The van der Waals surface area contributed by atoms with Crippen LogP contribution in [-0.2, 0) is 6.18 Å². The number of benzene rings is 1. The smallest absolute Gasteiger partial charge is 0.418 e. The van der Waals surface area contributed by atoms with Crippen LogP contribution in [0.4, 0.5) is 30.2 Å². The van der Waals surface area contributed by atoms with Crippen molar-refractivity contribution in [3.63, 3.8) is 0 Å². The SMILES string of the molecule is O=Nc1ccc(NC2CCC(Oc3cc(N4CCNCC4)ccn3)CC2)cc1C(F)(F)F. The van der Waals surface area contributed by atoms with Crippen LogP contribution in [0.2, 0.25) is 0 Å². The highest BCUT2D eigenvalue weighted by Crippen LogP contribution is 2.38. The van der Waals surface area contributed by atoms with Crippen LogP contribution in [0.15, 0.2) is 41.7 Å². The molecule has 1 aliphatic heterocycles. The van der Waals surface area contributed by atoms with Gasteiger partial charge in [-0.3, -0.25) is 0 Å². The van der Waals surface area contributed by atoms with Crippen LogP contribution in [0, 0.1) is 4.91 Å². The van der Waals surface area contributed by atoms with Crippen LogP contribution in [-0.4, -0.2) is 43.3 Å². The number of piperazine rings is 1. The normalized spacial score (nSPS) is 21.8. The molecule has 32 heavy (non-hydrogen) atoms. The average Bonchev–Trinajstić information content (AvgIpc) is 2.80. The standard InChI is InChI=1S/C22H26F3N5O2/c23-22(24,25)19-13-16(3-6-20(19)29-31)28-15-1-4-18(5-2-15)32-21-14-17(7-8-27-21)30-11-9-26-10-12-30/h3,6-8,13-15,18,26,28H,1-2,4-5,9-12H2. The Morgan fingerprint density at radius 2 is 1.84 bits per heavy atom. The molecule has 2 aromatic rings. The minimum Gasteiger partial charge on any atom is -0.474 e. The van der Waals surface area contributed by atoms with Crippen LogP contribution in [0.25, 0.3) is 0 Å². The molecule has 4 rings (SSSR count). The van der Waals surface area contributed by atoms with Crippen molar-refractivity contribution in [1.82, 2.24) is 10.3 Å². The molecule has 172 valence electrons. The fourth-order valence-electron chi connectivity index (χ4n) is 4.25. The van der Waals surface area contributed by atoms with Gasteiger partial charge in [0.15, 0.2) is 0 Å². The molecule has 7 nitrogen and oxygen atoms in total. The highest BCUT2D eigenvalue weighted by molar-refractivity contribution is 5.58. The van der Waals surface area contributed by atoms with E-state index in [1.54, 1.807) is 6.20 Å². The molecule has 1 saturated carbocycles. The summed E-state index contributed by atoms with van der Waals surface area (Å²) in [4.78, 5) is 17.3. The Labute approximate surface area is 184 Å². The largest absolute Gasteiger partial charge is 0.474 e. The van der Waals surface area contributed by atoms with Crippen molar-refractivity contribution in [2.45, 2.75) is 44.0 Å². The van der Waals surface area contributed by atoms with Gasteiger partial charge in [0.2, 0.25) is 5.88 Å². The van der Waals surface area contributed by atoms with E-state index in [2.05, 4.69) is 25.7 Å². The Balaban J connectivity index is 1.32. The number of nitrogens with zero attached hydrogens (tertiary/aromatic N) is 3. The maximum Gasteiger partial charge on any atom is 0.418 e. The summed E-state index contributed by atoms with van der Waals surface area (Å²) in [6, 6.07) is 7.50. The fourth-order valence-corrected chi connectivity index (χ4v) is 4.25. The molecule has 2 N–H and O–H groups in total. The first kappa shape index (κ1) is 22.3. The molecular formula is C22H26F3N5O2. The molecular weight excluding hydrogens is 423 g/mol. The lowest BCUT2D eigenvalue weighted by Gasteiger charge is -2.31. The molecule has 0 radical (unpaired) electrons. The third kappa shape index (κ3) is 5.48. The van der Waals surface area contributed by atoms with E-state index in [0.29, 0.717) is 11.6 Å². The van der Waals surface area contributed by atoms with Crippen LogP contribution >= 0.6 is 0 Å². The Hall–Kier alpha value is -2.88. The zero-order valence-electron chi connectivity index (χ0n) is 17.6. The number of anilines is 2. The lowest BCUT2D eigenvalue weighted by atomic mass is 9.92. The first-order chi connectivity index (χ1) is 15.4. The highest BCUT2D eigenvalue weighted by atomic mass is 19.4. The summed E-state index contributed by atoms with van der Waals surface area (Å²) >= 11 is 0. The second-order valence-electron chi connectivity index (χ2n) is 8.15. The maximum absolute atomic E-state index is 13.1. The Kier molecular flexibility index (Phi) is 6.78. The minimum atomic E-state index is -4.63. The van der Waals surface area contributed by atoms with Crippen molar-refractivity contribution >= 4 is 17.1 Å². The second-order valence-corrected chi connectivity index (χ2v) is 8.15. The van der Waals surface area contributed by atoms with Crippen molar-refractivity contribution in [3.8, 4) is 5.88 Å². The van der Waals surface area contributed by atoms with E-state index in [9.17, 15) is 18.1 Å². The summed E-state index contributed by atoms with van der Waals surface area (Å²) in [5.74, 6) is 0.601. The third-order valence-corrected chi connectivity index (χ3v) is 5.93. The van der Waals surface area contributed by atoms with Crippen LogP contribution < -0.4 is 20.3 Å². The maximum atomic E-state index is 13.1. The van der Waals surface area contributed by atoms with E-state index < -0.39 is 17.4 Å². The van der Waals surface area contributed by atoms with Gasteiger partial charge in [-0.15, -0.1) is 4.91 Å². The van der Waals surface area contributed by atoms with Gasteiger partial charge in [-0.2, -0.15) is 13.2 Å². The molecule has 0 amide bonds. The van der Waals surface area contributed by atoms with Gasteiger partial charge in [-0.25, -0.2) is 4.98 Å². The molecule has 0 unspecified atom stereocenters. The number of hydrogen-bond donors (Lipinski definition) is 2. The number of halogens is 3. The number of nitroso groups, excluding NO2 is 1. The summed E-state index contributed by atoms with van der Waals surface area (Å²) < 4.78 is 45.5. The minimum absolute atomic E-state index is 0.0196. The van der Waals surface area contributed by atoms with Crippen LogP contribution in [0.5, 0.6) is 5.88 Å². The molecule has 0 spiro atoms. The van der Waals surface area contributed by atoms with Crippen molar-refractivity contribution in [2.75, 3.05) is 36.4 Å². The summed E-state index contributed by atoms with van der Waals surface area (Å²) in [6.45, 7) is 3.79. The number of nitrogens with one attached hydrogen (secondary N) is 2. The van der Waals surface area contributed by atoms with Crippen molar-refractivity contribution in [2.24, 2.45) is 5.18 Å². The Morgan fingerprint density at radius 1 is 1.09 bits per heavy atom. The van der Waals surface area contributed by atoms with Crippen LogP contribution in [0.1, 0.15) is 31.2 Å². The highest BCUT2D eigenvalue weighted by Gasteiger charge is 2.34. The topological polar surface area (TPSA) is 78.8 Å². The van der Waals surface area contributed by atoms with Crippen molar-refractivity contribution < 1.29 is 17.9 Å². The van der Waals surface area contributed by atoms with Gasteiger partial charge in [-0.1, -0.05) is 0 Å². The van der Waals surface area contributed by atoms with Gasteiger partial charge in [0, 0.05) is 55.9 Å². The van der Waals surface area contributed by atoms with Crippen molar-refractivity contribution in [1.29, 1.82) is 0 Å². The van der Waals surface area contributed by atoms with E-state index in [-0.39, 0.29) is 12.1 Å².